The molecule has 4 heteroatoms. The second kappa shape index (κ2) is 5.82. The second-order valence-electron chi connectivity index (χ2n) is 5.63. The molecule has 1 aliphatic rings. The monoisotopic (exact) mass is 290 g/mol. The number of ether oxygens (including phenoxy) is 1. The van der Waals surface area contributed by atoms with Gasteiger partial charge in [-0.3, -0.25) is 4.90 Å². The number of hydrogen-bond acceptors (Lipinski definition) is 4. The first-order valence-electron chi connectivity index (χ1n) is 7.24. The standard InChI is InChI=1S/C16H22N2OS/c1-11-9-19-12(2)8-18(11)15(7-17)14-10-20-16-6-4-3-5-13(14)16/h3-6,10-12,15H,7-9,17H2,1-2H3. The lowest BCUT2D eigenvalue weighted by Gasteiger charge is -2.41. The number of nitrogens with two attached hydrogens (primary N) is 1. The molecule has 1 aliphatic heterocycles. The van der Waals surface area contributed by atoms with E-state index in [9.17, 15) is 0 Å². The summed E-state index contributed by atoms with van der Waals surface area (Å²) in [6.45, 7) is 6.76. The predicted molar refractivity (Wildman–Crippen MR) is 85.2 cm³/mol. The van der Waals surface area contributed by atoms with E-state index in [4.69, 9.17) is 10.5 Å². The molecule has 1 aromatic carbocycles. The van der Waals surface area contributed by atoms with Crippen molar-refractivity contribution in [2.24, 2.45) is 5.73 Å². The minimum Gasteiger partial charge on any atom is -0.376 e. The van der Waals surface area contributed by atoms with Gasteiger partial charge in [0.05, 0.1) is 12.7 Å². The van der Waals surface area contributed by atoms with Gasteiger partial charge in [-0.15, -0.1) is 11.3 Å². The number of rotatable bonds is 3. The van der Waals surface area contributed by atoms with Crippen LogP contribution in [-0.2, 0) is 4.74 Å². The summed E-state index contributed by atoms with van der Waals surface area (Å²) in [4.78, 5) is 2.50. The van der Waals surface area contributed by atoms with Gasteiger partial charge in [0.1, 0.15) is 0 Å². The van der Waals surface area contributed by atoms with E-state index in [1.54, 1.807) is 0 Å². The van der Waals surface area contributed by atoms with Gasteiger partial charge in [0.25, 0.3) is 0 Å². The van der Waals surface area contributed by atoms with Crippen LogP contribution in [0.3, 0.4) is 0 Å². The Morgan fingerprint density at radius 3 is 3.00 bits per heavy atom. The molecule has 0 radical (unpaired) electrons. The molecule has 1 aromatic heterocycles. The minimum atomic E-state index is 0.283. The van der Waals surface area contributed by atoms with Crippen LogP contribution < -0.4 is 5.73 Å². The highest BCUT2D eigenvalue weighted by molar-refractivity contribution is 7.17. The van der Waals surface area contributed by atoms with E-state index >= 15 is 0 Å². The fraction of sp³-hybridized carbons (Fsp3) is 0.500. The molecule has 0 bridgehead atoms. The molecule has 0 spiro atoms. The lowest BCUT2D eigenvalue weighted by Crippen LogP contribution is -2.50. The van der Waals surface area contributed by atoms with E-state index in [1.165, 1.54) is 15.6 Å². The first kappa shape index (κ1) is 14.0. The van der Waals surface area contributed by atoms with Crippen LogP contribution in [0.2, 0.25) is 0 Å². The first-order chi connectivity index (χ1) is 9.70. The van der Waals surface area contributed by atoms with Gasteiger partial charge in [0.15, 0.2) is 0 Å². The third kappa shape index (κ3) is 2.49. The van der Waals surface area contributed by atoms with Gasteiger partial charge in [-0.2, -0.15) is 0 Å². The molecule has 3 rings (SSSR count). The minimum absolute atomic E-state index is 0.283. The molecule has 20 heavy (non-hydrogen) atoms. The number of thiophene rings is 1. The third-order valence-electron chi connectivity index (χ3n) is 4.15. The number of morpholine rings is 1. The molecule has 1 saturated heterocycles. The van der Waals surface area contributed by atoms with Gasteiger partial charge < -0.3 is 10.5 Å². The van der Waals surface area contributed by atoms with Crippen LogP contribution in [0.15, 0.2) is 29.6 Å². The summed E-state index contributed by atoms with van der Waals surface area (Å²) in [5, 5.41) is 3.62. The molecule has 0 saturated carbocycles. The van der Waals surface area contributed by atoms with E-state index in [2.05, 4.69) is 48.4 Å². The molecule has 0 amide bonds. The van der Waals surface area contributed by atoms with E-state index in [0.29, 0.717) is 12.6 Å². The highest BCUT2D eigenvalue weighted by Gasteiger charge is 2.30. The Balaban J connectivity index is 1.96. The largest absolute Gasteiger partial charge is 0.376 e. The quantitative estimate of drug-likeness (QED) is 0.944. The molecule has 3 atom stereocenters. The zero-order valence-electron chi connectivity index (χ0n) is 12.1. The van der Waals surface area contributed by atoms with Gasteiger partial charge in [0.2, 0.25) is 0 Å². The normalized spacial score (nSPS) is 25.9. The van der Waals surface area contributed by atoms with Crippen LogP contribution in [0.4, 0.5) is 0 Å². The van der Waals surface area contributed by atoms with Crippen molar-refractivity contribution >= 4 is 21.4 Å². The summed E-state index contributed by atoms with van der Waals surface area (Å²) in [5.74, 6) is 0. The van der Waals surface area contributed by atoms with Crippen molar-refractivity contribution in [1.82, 2.24) is 4.90 Å². The van der Waals surface area contributed by atoms with Gasteiger partial charge >= 0.3 is 0 Å². The summed E-state index contributed by atoms with van der Waals surface area (Å²) in [5.41, 5.74) is 7.49. The fourth-order valence-corrected chi connectivity index (χ4v) is 4.07. The molecular weight excluding hydrogens is 268 g/mol. The molecule has 2 heterocycles. The van der Waals surface area contributed by atoms with Crippen molar-refractivity contribution < 1.29 is 4.74 Å². The van der Waals surface area contributed by atoms with Crippen LogP contribution in [-0.4, -0.2) is 36.7 Å². The molecule has 2 aromatic rings. The van der Waals surface area contributed by atoms with Crippen molar-refractivity contribution in [1.29, 1.82) is 0 Å². The van der Waals surface area contributed by atoms with Crippen LogP contribution in [0.5, 0.6) is 0 Å². The Morgan fingerprint density at radius 2 is 2.20 bits per heavy atom. The Labute approximate surface area is 124 Å². The molecular formula is C16H22N2OS. The molecule has 0 aliphatic carbocycles. The highest BCUT2D eigenvalue weighted by Crippen LogP contribution is 2.34. The maximum atomic E-state index is 6.12. The zero-order valence-corrected chi connectivity index (χ0v) is 12.9. The van der Waals surface area contributed by atoms with Gasteiger partial charge in [0, 0.05) is 29.9 Å². The number of hydrogen-bond donors (Lipinski definition) is 1. The second-order valence-corrected chi connectivity index (χ2v) is 6.54. The number of benzene rings is 1. The van der Waals surface area contributed by atoms with Crippen LogP contribution in [0.25, 0.3) is 10.1 Å². The third-order valence-corrected chi connectivity index (χ3v) is 5.13. The Kier molecular flexibility index (Phi) is 4.08. The Bertz CT molecular complexity index is 583. The maximum absolute atomic E-state index is 6.12. The summed E-state index contributed by atoms with van der Waals surface area (Å²) < 4.78 is 7.08. The van der Waals surface area contributed by atoms with Crippen molar-refractivity contribution in [3.63, 3.8) is 0 Å². The lowest BCUT2D eigenvalue weighted by atomic mass is 10.0. The maximum Gasteiger partial charge on any atom is 0.0675 e. The lowest BCUT2D eigenvalue weighted by molar-refractivity contribution is -0.0651. The summed E-state index contributed by atoms with van der Waals surface area (Å²) in [6, 6.07) is 9.29. The van der Waals surface area contributed by atoms with Crippen molar-refractivity contribution in [3.8, 4) is 0 Å². The van der Waals surface area contributed by atoms with Crippen molar-refractivity contribution in [2.75, 3.05) is 19.7 Å². The topological polar surface area (TPSA) is 38.5 Å². The van der Waals surface area contributed by atoms with Crippen molar-refractivity contribution in [2.45, 2.75) is 32.0 Å². The van der Waals surface area contributed by atoms with Crippen LogP contribution >= 0.6 is 11.3 Å². The summed E-state index contributed by atoms with van der Waals surface area (Å²) in [7, 11) is 0. The van der Waals surface area contributed by atoms with Gasteiger partial charge in [-0.1, -0.05) is 18.2 Å². The highest BCUT2D eigenvalue weighted by atomic mass is 32.1. The van der Waals surface area contributed by atoms with Crippen LogP contribution in [0, 0.1) is 0 Å². The number of fused-ring (bicyclic) bond motifs is 1. The molecule has 3 nitrogen and oxygen atoms in total. The fourth-order valence-electron chi connectivity index (χ4n) is 3.06. The average molecular weight is 290 g/mol. The van der Waals surface area contributed by atoms with Gasteiger partial charge in [-0.05, 0) is 36.2 Å². The van der Waals surface area contributed by atoms with E-state index in [0.717, 1.165) is 13.2 Å². The zero-order chi connectivity index (χ0) is 14.1. The molecule has 1 fully saturated rings. The number of nitrogens with zero attached hydrogens (tertiary/aromatic N) is 1. The van der Waals surface area contributed by atoms with Crippen molar-refractivity contribution in [3.05, 3.63) is 35.2 Å². The Morgan fingerprint density at radius 1 is 1.40 bits per heavy atom. The summed E-state index contributed by atoms with van der Waals surface area (Å²) in [6.07, 6.45) is 0.283. The SMILES string of the molecule is CC1CN(C(CN)c2csc3ccccc23)C(C)CO1. The molecule has 2 N–H and O–H groups in total. The average Bonchev–Trinajstić information content (AvgIpc) is 2.88. The van der Waals surface area contributed by atoms with E-state index in [1.807, 2.05) is 11.3 Å². The Hall–Kier alpha value is -0.940. The van der Waals surface area contributed by atoms with E-state index < -0.39 is 0 Å². The summed E-state index contributed by atoms with van der Waals surface area (Å²) >= 11 is 1.81. The van der Waals surface area contributed by atoms with Gasteiger partial charge in [-0.25, -0.2) is 0 Å². The molecule has 108 valence electrons. The molecule has 3 unspecified atom stereocenters. The van der Waals surface area contributed by atoms with Crippen LogP contribution in [0.1, 0.15) is 25.5 Å². The predicted octanol–water partition coefficient (Wildman–Crippen LogP) is 3.01. The first-order valence-corrected chi connectivity index (χ1v) is 8.12. The smallest absolute Gasteiger partial charge is 0.0675 e. The van der Waals surface area contributed by atoms with E-state index in [-0.39, 0.29) is 12.1 Å².